The fourth-order valence-electron chi connectivity index (χ4n) is 2.78. The van der Waals surface area contributed by atoms with Crippen molar-refractivity contribution in [2.24, 2.45) is 0 Å². The summed E-state index contributed by atoms with van der Waals surface area (Å²) in [5.41, 5.74) is 1.57. The quantitative estimate of drug-likeness (QED) is 0.474. The number of carbonyl (C=O) groups is 1. The standard InChI is InChI=1S/C21H16FN3O4S/c1-27-16-8-5-13(11-17(16)28-2)20(26)23-15-9-10-30-18(15)21-24-19(25-29-21)12-3-6-14(22)7-4-12/h3-11H,1-2H3,(H,23,26). The van der Waals surface area contributed by atoms with Crippen LogP contribution in [0.4, 0.5) is 10.1 Å². The van der Waals surface area contributed by atoms with Crippen LogP contribution in [0.15, 0.2) is 58.4 Å². The minimum Gasteiger partial charge on any atom is -0.493 e. The number of rotatable bonds is 6. The Morgan fingerprint density at radius 1 is 1.07 bits per heavy atom. The maximum absolute atomic E-state index is 13.1. The van der Waals surface area contributed by atoms with Gasteiger partial charge in [0, 0.05) is 11.1 Å². The molecule has 4 rings (SSSR count). The normalized spacial score (nSPS) is 10.6. The lowest BCUT2D eigenvalue weighted by Crippen LogP contribution is -2.12. The highest BCUT2D eigenvalue weighted by atomic mass is 32.1. The van der Waals surface area contributed by atoms with E-state index >= 15 is 0 Å². The zero-order chi connectivity index (χ0) is 21.1. The first-order valence-corrected chi connectivity index (χ1v) is 9.68. The lowest BCUT2D eigenvalue weighted by atomic mass is 10.2. The van der Waals surface area contributed by atoms with E-state index in [9.17, 15) is 9.18 Å². The van der Waals surface area contributed by atoms with E-state index in [2.05, 4.69) is 15.5 Å². The average molecular weight is 425 g/mol. The van der Waals surface area contributed by atoms with Gasteiger partial charge in [-0.3, -0.25) is 4.79 Å². The third kappa shape index (κ3) is 3.87. The molecular weight excluding hydrogens is 409 g/mol. The van der Waals surface area contributed by atoms with Gasteiger partial charge in [0.2, 0.25) is 5.82 Å². The van der Waals surface area contributed by atoms with Gasteiger partial charge in [0.05, 0.1) is 19.9 Å². The summed E-state index contributed by atoms with van der Waals surface area (Å²) in [6.07, 6.45) is 0. The zero-order valence-corrected chi connectivity index (χ0v) is 16.8. The first kappa shape index (κ1) is 19.6. The maximum Gasteiger partial charge on any atom is 0.270 e. The third-order valence-electron chi connectivity index (χ3n) is 4.28. The van der Waals surface area contributed by atoms with Crippen LogP contribution in [0.25, 0.3) is 22.2 Å². The zero-order valence-electron chi connectivity index (χ0n) is 16.0. The van der Waals surface area contributed by atoms with Crippen molar-refractivity contribution in [3.63, 3.8) is 0 Å². The minimum atomic E-state index is -0.346. The molecular formula is C21H16FN3O4S. The number of aromatic nitrogens is 2. The Labute approximate surface area is 175 Å². The molecule has 1 amide bonds. The highest BCUT2D eigenvalue weighted by Gasteiger charge is 2.18. The van der Waals surface area contributed by atoms with Gasteiger partial charge in [0.15, 0.2) is 11.5 Å². The SMILES string of the molecule is COc1ccc(C(=O)Nc2ccsc2-c2nc(-c3ccc(F)cc3)no2)cc1OC. The van der Waals surface area contributed by atoms with Crippen LogP contribution in [0.5, 0.6) is 11.5 Å². The summed E-state index contributed by atoms with van der Waals surface area (Å²) < 4.78 is 28.9. The summed E-state index contributed by atoms with van der Waals surface area (Å²) in [4.78, 5) is 17.7. The Kier molecular flexibility index (Phi) is 5.44. The molecule has 7 nitrogen and oxygen atoms in total. The molecule has 30 heavy (non-hydrogen) atoms. The number of amides is 1. The molecule has 0 aliphatic carbocycles. The van der Waals surface area contributed by atoms with Crippen molar-refractivity contribution in [2.75, 3.05) is 19.5 Å². The topological polar surface area (TPSA) is 86.5 Å². The molecule has 0 atom stereocenters. The molecule has 0 saturated heterocycles. The predicted molar refractivity (Wildman–Crippen MR) is 111 cm³/mol. The Bertz CT molecular complexity index is 1190. The molecule has 1 N–H and O–H groups in total. The number of hydrogen-bond donors (Lipinski definition) is 1. The van der Waals surface area contributed by atoms with E-state index in [0.717, 1.165) is 0 Å². The fourth-order valence-corrected chi connectivity index (χ4v) is 3.55. The van der Waals surface area contributed by atoms with Crippen molar-refractivity contribution in [1.29, 1.82) is 0 Å². The Hall–Kier alpha value is -3.72. The molecule has 2 aromatic carbocycles. The van der Waals surface area contributed by atoms with Crippen LogP contribution in [0.2, 0.25) is 0 Å². The van der Waals surface area contributed by atoms with Crippen molar-refractivity contribution in [3.05, 3.63) is 65.3 Å². The smallest absolute Gasteiger partial charge is 0.270 e. The van der Waals surface area contributed by atoms with Gasteiger partial charge in [-0.2, -0.15) is 4.98 Å². The molecule has 0 saturated carbocycles. The lowest BCUT2D eigenvalue weighted by molar-refractivity contribution is 0.102. The Balaban J connectivity index is 1.57. The largest absolute Gasteiger partial charge is 0.493 e. The van der Waals surface area contributed by atoms with Gasteiger partial charge in [-0.1, -0.05) is 5.16 Å². The minimum absolute atomic E-state index is 0.256. The third-order valence-corrected chi connectivity index (χ3v) is 5.18. The Morgan fingerprint density at radius 2 is 1.83 bits per heavy atom. The second kappa shape index (κ2) is 8.34. The summed E-state index contributed by atoms with van der Waals surface area (Å²) in [6, 6.07) is 12.4. The number of thiophene rings is 1. The van der Waals surface area contributed by atoms with Gasteiger partial charge in [0.1, 0.15) is 10.7 Å². The van der Waals surface area contributed by atoms with Crippen LogP contribution in [-0.4, -0.2) is 30.3 Å². The van der Waals surface area contributed by atoms with Crippen molar-refractivity contribution in [1.82, 2.24) is 10.1 Å². The summed E-state index contributed by atoms with van der Waals surface area (Å²) in [5, 5.41) is 8.60. The van der Waals surface area contributed by atoms with E-state index in [1.165, 1.54) is 37.7 Å². The highest BCUT2D eigenvalue weighted by Crippen LogP contribution is 2.34. The summed E-state index contributed by atoms with van der Waals surface area (Å²) in [6.45, 7) is 0. The van der Waals surface area contributed by atoms with E-state index in [1.54, 1.807) is 41.8 Å². The first-order valence-electron chi connectivity index (χ1n) is 8.80. The number of carbonyl (C=O) groups excluding carboxylic acids is 1. The molecule has 0 unspecified atom stereocenters. The number of nitrogens with zero attached hydrogens (tertiary/aromatic N) is 2. The highest BCUT2D eigenvalue weighted by molar-refractivity contribution is 7.14. The van der Waals surface area contributed by atoms with Gasteiger partial charge in [-0.25, -0.2) is 4.39 Å². The molecule has 4 aromatic rings. The number of anilines is 1. The van der Waals surface area contributed by atoms with Crippen molar-refractivity contribution < 1.29 is 23.2 Å². The number of benzene rings is 2. The van der Waals surface area contributed by atoms with Crippen LogP contribution in [-0.2, 0) is 0 Å². The summed E-state index contributed by atoms with van der Waals surface area (Å²) in [7, 11) is 3.03. The van der Waals surface area contributed by atoms with Gasteiger partial charge in [-0.05, 0) is 53.9 Å². The second-order valence-electron chi connectivity index (χ2n) is 6.12. The maximum atomic E-state index is 13.1. The monoisotopic (exact) mass is 425 g/mol. The van der Waals surface area contributed by atoms with Crippen molar-refractivity contribution in [3.8, 4) is 33.7 Å². The molecule has 0 spiro atoms. The van der Waals surface area contributed by atoms with E-state index in [1.807, 2.05) is 0 Å². The number of halogens is 1. The van der Waals surface area contributed by atoms with Crippen LogP contribution in [0.1, 0.15) is 10.4 Å². The van der Waals surface area contributed by atoms with E-state index in [-0.39, 0.29) is 17.6 Å². The van der Waals surface area contributed by atoms with Crippen LogP contribution in [0, 0.1) is 5.82 Å². The lowest BCUT2D eigenvalue weighted by Gasteiger charge is -2.10. The summed E-state index contributed by atoms with van der Waals surface area (Å²) in [5.74, 6) is 0.901. The first-order chi connectivity index (χ1) is 14.6. The van der Waals surface area contributed by atoms with Crippen molar-refractivity contribution in [2.45, 2.75) is 0 Å². The number of hydrogen-bond acceptors (Lipinski definition) is 7. The van der Waals surface area contributed by atoms with Crippen molar-refractivity contribution >= 4 is 22.9 Å². The van der Waals surface area contributed by atoms with E-state index in [0.29, 0.717) is 39.0 Å². The molecule has 0 bridgehead atoms. The molecule has 2 heterocycles. The second-order valence-corrected chi connectivity index (χ2v) is 7.03. The number of methoxy groups -OCH3 is 2. The van der Waals surface area contributed by atoms with E-state index in [4.69, 9.17) is 14.0 Å². The predicted octanol–water partition coefficient (Wildman–Crippen LogP) is 4.87. The summed E-state index contributed by atoms with van der Waals surface area (Å²) >= 11 is 1.35. The van der Waals surface area contributed by atoms with E-state index < -0.39 is 0 Å². The molecule has 0 aliphatic heterocycles. The van der Waals surface area contributed by atoms with Crippen LogP contribution in [0.3, 0.4) is 0 Å². The van der Waals surface area contributed by atoms with Gasteiger partial charge in [-0.15, -0.1) is 11.3 Å². The number of nitrogens with one attached hydrogen (secondary N) is 1. The molecule has 9 heteroatoms. The molecule has 152 valence electrons. The average Bonchev–Trinajstić information content (AvgIpc) is 3.43. The molecule has 0 fully saturated rings. The number of ether oxygens (including phenoxy) is 2. The van der Waals surface area contributed by atoms with Gasteiger partial charge in [0.25, 0.3) is 11.8 Å². The fraction of sp³-hybridized carbons (Fsp3) is 0.0952. The molecule has 2 aromatic heterocycles. The van der Waals surface area contributed by atoms with Crippen LogP contribution < -0.4 is 14.8 Å². The van der Waals surface area contributed by atoms with Crippen LogP contribution >= 0.6 is 11.3 Å². The van der Waals surface area contributed by atoms with Gasteiger partial charge >= 0.3 is 0 Å². The van der Waals surface area contributed by atoms with Gasteiger partial charge < -0.3 is 19.3 Å². The Morgan fingerprint density at radius 3 is 2.57 bits per heavy atom. The molecule has 0 aliphatic rings. The molecule has 0 radical (unpaired) electrons.